The standard InChI is InChI=1S/C14H22N2O2/c1-14(2,3)9-16(4)11-8-13-12(7-10(11)15)17-5-6-18-13/h7-8H,5-6,9,15H2,1-4H3. The second-order valence-corrected chi connectivity index (χ2v) is 5.97. The van der Waals surface area contributed by atoms with E-state index in [0.29, 0.717) is 13.2 Å². The van der Waals surface area contributed by atoms with Crippen LogP contribution in [0.1, 0.15) is 20.8 Å². The molecule has 0 amide bonds. The van der Waals surface area contributed by atoms with E-state index in [-0.39, 0.29) is 5.41 Å². The number of benzene rings is 1. The summed E-state index contributed by atoms with van der Waals surface area (Å²) in [5.74, 6) is 1.53. The van der Waals surface area contributed by atoms with Gasteiger partial charge in [-0.3, -0.25) is 0 Å². The second kappa shape index (κ2) is 4.59. The lowest BCUT2D eigenvalue weighted by molar-refractivity contribution is 0.172. The summed E-state index contributed by atoms with van der Waals surface area (Å²) >= 11 is 0. The van der Waals surface area contributed by atoms with E-state index >= 15 is 0 Å². The van der Waals surface area contributed by atoms with Crippen molar-refractivity contribution in [3.63, 3.8) is 0 Å². The fraction of sp³-hybridized carbons (Fsp3) is 0.571. The van der Waals surface area contributed by atoms with Gasteiger partial charge in [0, 0.05) is 25.7 Å². The predicted octanol–water partition coefficient (Wildman–Crippen LogP) is 2.52. The Balaban J connectivity index is 2.27. The molecule has 2 rings (SSSR count). The number of hydrogen-bond acceptors (Lipinski definition) is 4. The monoisotopic (exact) mass is 250 g/mol. The van der Waals surface area contributed by atoms with Gasteiger partial charge in [0.1, 0.15) is 13.2 Å². The maximum absolute atomic E-state index is 6.09. The molecule has 0 unspecified atom stereocenters. The molecule has 1 aliphatic heterocycles. The normalized spacial score (nSPS) is 14.4. The smallest absolute Gasteiger partial charge is 0.163 e. The van der Waals surface area contributed by atoms with Crippen molar-refractivity contribution in [2.24, 2.45) is 5.41 Å². The average molecular weight is 250 g/mol. The Hall–Kier alpha value is -1.58. The minimum absolute atomic E-state index is 0.217. The highest BCUT2D eigenvalue weighted by molar-refractivity contribution is 5.73. The Bertz CT molecular complexity index is 438. The lowest BCUT2D eigenvalue weighted by Crippen LogP contribution is -2.29. The topological polar surface area (TPSA) is 47.7 Å². The SMILES string of the molecule is CN(CC(C)(C)C)c1cc2c(cc1N)OCCO2. The van der Waals surface area contributed by atoms with Crippen molar-refractivity contribution >= 4 is 11.4 Å². The van der Waals surface area contributed by atoms with E-state index in [1.807, 2.05) is 19.2 Å². The number of rotatable bonds is 2. The van der Waals surface area contributed by atoms with Gasteiger partial charge < -0.3 is 20.1 Å². The fourth-order valence-electron chi connectivity index (χ4n) is 2.22. The first-order chi connectivity index (χ1) is 8.37. The summed E-state index contributed by atoms with van der Waals surface area (Å²) in [6.45, 7) is 8.73. The van der Waals surface area contributed by atoms with Crippen LogP contribution < -0.4 is 20.1 Å². The first-order valence-electron chi connectivity index (χ1n) is 6.27. The Morgan fingerprint density at radius 2 is 1.72 bits per heavy atom. The molecule has 0 aromatic heterocycles. The van der Waals surface area contributed by atoms with Crippen LogP contribution >= 0.6 is 0 Å². The van der Waals surface area contributed by atoms with Crippen LogP contribution in [0, 0.1) is 5.41 Å². The summed E-state index contributed by atoms with van der Waals surface area (Å²) in [6, 6.07) is 3.82. The number of nitrogen functional groups attached to an aromatic ring is 1. The summed E-state index contributed by atoms with van der Waals surface area (Å²) in [5, 5.41) is 0. The summed E-state index contributed by atoms with van der Waals surface area (Å²) < 4.78 is 11.1. The van der Waals surface area contributed by atoms with Gasteiger partial charge in [-0.15, -0.1) is 0 Å². The third-order valence-electron chi connectivity index (χ3n) is 2.81. The van der Waals surface area contributed by atoms with Crippen molar-refractivity contribution in [2.45, 2.75) is 20.8 Å². The number of nitrogens with zero attached hydrogens (tertiary/aromatic N) is 1. The van der Waals surface area contributed by atoms with E-state index in [9.17, 15) is 0 Å². The molecule has 4 nitrogen and oxygen atoms in total. The van der Waals surface area contributed by atoms with Crippen molar-refractivity contribution in [3.8, 4) is 11.5 Å². The van der Waals surface area contributed by atoms with Crippen molar-refractivity contribution in [3.05, 3.63) is 12.1 Å². The quantitative estimate of drug-likeness (QED) is 0.819. The molecule has 1 aromatic carbocycles. The van der Waals surface area contributed by atoms with Gasteiger partial charge in [0.15, 0.2) is 11.5 Å². The van der Waals surface area contributed by atoms with E-state index in [2.05, 4.69) is 25.7 Å². The molecule has 0 saturated heterocycles. The molecular formula is C14H22N2O2. The molecule has 0 radical (unpaired) electrons. The number of anilines is 2. The zero-order valence-corrected chi connectivity index (χ0v) is 11.6. The van der Waals surface area contributed by atoms with Gasteiger partial charge in [-0.1, -0.05) is 20.8 Å². The van der Waals surface area contributed by atoms with E-state index < -0.39 is 0 Å². The Morgan fingerprint density at radius 3 is 2.28 bits per heavy atom. The predicted molar refractivity (Wildman–Crippen MR) is 74.6 cm³/mol. The van der Waals surface area contributed by atoms with Crippen LogP contribution in [0.25, 0.3) is 0 Å². The van der Waals surface area contributed by atoms with E-state index in [0.717, 1.165) is 29.4 Å². The van der Waals surface area contributed by atoms with Gasteiger partial charge in [-0.25, -0.2) is 0 Å². The van der Waals surface area contributed by atoms with Gasteiger partial charge in [0.05, 0.1) is 11.4 Å². The Kier molecular flexibility index (Phi) is 3.28. The Labute approximate surface area is 109 Å². The van der Waals surface area contributed by atoms with Crippen LogP contribution in [0.4, 0.5) is 11.4 Å². The first kappa shape index (κ1) is 12.9. The minimum Gasteiger partial charge on any atom is -0.486 e. The fourth-order valence-corrected chi connectivity index (χ4v) is 2.22. The number of nitrogens with two attached hydrogens (primary N) is 1. The summed E-state index contributed by atoms with van der Waals surface area (Å²) in [7, 11) is 2.05. The highest BCUT2D eigenvalue weighted by atomic mass is 16.6. The van der Waals surface area contributed by atoms with Crippen LogP contribution in [0.2, 0.25) is 0 Å². The number of fused-ring (bicyclic) bond motifs is 1. The maximum Gasteiger partial charge on any atom is 0.163 e. The molecule has 1 aromatic rings. The van der Waals surface area contributed by atoms with Gasteiger partial charge in [0.25, 0.3) is 0 Å². The molecule has 0 aliphatic carbocycles. The van der Waals surface area contributed by atoms with Crippen molar-refractivity contribution in [1.82, 2.24) is 0 Å². The molecule has 0 bridgehead atoms. The van der Waals surface area contributed by atoms with Crippen molar-refractivity contribution in [1.29, 1.82) is 0 Å². The molecule has 1 heterocycles. The van der Waals surface area contributed by atoms with Gasteiger partial charge in [-0.05, 0) is 5.41 Å². The van der Waals surface area contributed by atoms with Crippen molar-refractivity contribution in [2.75, 3.05) is 37.4 Å². The molecule has 0 atom stereocenters. The zero-order valence-electron chi connectivity index (χ0n) is 11.6. The molecule has 0 saturated carbocycles. The molecular weight excluding hydrogens is 228 g/mol. The highest BCUT2D eigenvalue weighted by Gasteiger charge is 2.19. The Morgan fingerprint density at radius 1 is 1.17 bits per heavy atom. The van der Waals surface area contributed by atoms with Crippen molar-refractivity contribution < 1.29 is 9.47 Å². The third-order valence-corrected chi connectivity index (χ3v) is 2.81. The van der Waals surface area contributed by atoms with Crippen LogP contribution in [-0.2, 0) is 0 Å². The summed E-state index contributed by atoms with van der Waals surface area (Å²) in [6.07, 6.45) is 0. The summed E-state index contributed by atoms with van der Waals surface area (Å²) in [4.78, 5) is 2.16. The molecule has 100 valence electrons. The average Bonchev–Trinajstić information content (AvgIpc) is 2.25. The summed E-state index contributed by atoms with van der Waals surface area (Å²) in [5.41, 5.74) is 8.03. The van der Waals surface area contributed by atoms with Gasteiger partial charge in [0.2, 0.25) is 0 Å². The lowest BCUT2D eigenvalue weighted by Gasteiger charge is -2.30. The molecule has 2 N–H and O–H groups in total. The van der Waals surface area contributed by atoms with Crippen LogP contribution in [0.5, 0.6) is 11.5 Å². The molecule has 1 aliphatic rings. The van der Waals surface area contributed by atoms with E-state index in [1.54, 1.807) is 0 Å². The van der Waals surface area contributed by atoms with Crippen LogP contribution in [-0.4, -0.2) is 26.8 Å². The third kappa shape index (κ3) is 2.81. The molecule has 4 heteroatoms. The highest BCUT2D eigenvalue weighted by Crippen LogP contribution is 2.38. The van der Waals surface area contributed by atoms with E-state index in [4.69, 9.17) is 15.2 Å². The first-order valence-corrected chi connectivity index (χ1v) is 6.27. The second-order valence-electron chi connectivity index (χ2n) is 5.97. The van der Waals surface area contributed by atoms with Crippen LogP contribution in [0.3, 0.4) is 0 Å². The maximum atomic E-state index is 6.09. The number of hydrogen-bond donors (Lipinski definition) is 1. The zero-order chi connectivity index (χ0) is 13.3. The molecule has 18 heavy (non-hydrogen) atoms. The van der Waals surface area contributed by atoms with Gasteiger partial charge >= 0.3 is 0 Å². The van der Waals surface area contributed by atoms with Gasteiger partial charge in [-0.2, -0.15) is 0 Å². The number of ether oxygens (including phenoxy) is 2. The van der Waals surface area contributed by atoms with E-state index in [1.165, 1.54) is 0 Å². The lowest BCUT2D eigenvalue weighted by atomic mass is 9.96. The molecule has 0 spiro atoms. The largest absolute Gasteiger partial charge is 0.486 e. The molecule has 0 fully saturated rings. The van der Waals surface area contributed by atoms with Crippen LogP contribution in [0.15, 0.2) is 12.1 Å². The minimum atomic E-state index is 0.217.